The summed E-state index contributed by atoms with van der Waals surface area (Å²) in [4.78, 5) is 2.67. The summed E-state index contributed by atoms with van der Waals surface area (Å²) in [7, 11) is 0. The third-order valence-electron chi connectivity index (χ3n) is 3.75. The lowest BCUT2D eigenvalue weighted by Crippen LogP contribution is -2.11. The van der Waals surface area contributed by atoms with E-state index in [1.54, 1.807) is 0 Å². The van der Waals surface area contributed by atoms with Crippen LogP contribution in [0.2, 0.25) is 0 Å². The zero-order chi connectivity index (χ0) is 15.0. The van der Waals surface area contributed by atoms with Crippen molar-refractivity contribution in [1.82, 2.24) is 0 Å². The maximum atomic E-state index is 5.55. The first-order valence-electron chi connectivity index (χ1n) is 7.10. The number of ether oxygens (including phenoxy) is 1. The first-order chi connectivity index (χ1) is 10.1. The van der Waals surface area contributed by atoms with Crippen molar-refractivity contribution in [2.75, 3.05) is 11.9 Å². The van der Waals surface area contributed by atoms with Gasteiger partial charge in [-0.3, -0.25) is 0 Å². The molecule has 21 heavy (non-hydrogen) atoms. The number of rotatable bonds is 3. The molecule has 0 atom stereocenters. The number of thioether (sulfide) groups is 1. The maximum absolute atomic E-state index is 5.55. The highest BCUT2D eigenvalue weighted by Crippen LogP contribution is 2.44. The number of nitrogens with one attached hydrogen (secondary N) is 1. The van der Waals surface area contributed by atoms with E-state index >= 15 is 0 Å². The van der Waals surface area contributed by atoms with E-state index in [2.05, 4.69) is 43.6 Å². The smallest absolute Gasteiger partial charge is 0.121 e. The first-order valence-corrected chi connectivity index (χ1v) is 7.92. The quantitative estimate of drug-likeness (QED) is 0.783. The molecule has 0 spiro atoms. The molecular formula is C18H19NOS. The molecule has 0 amide bonds. The SMILES string of the molecule is C=C(OCC)C1=CNc2ccc3c(c2C1=C)CC=C(C)S3. The summed E-state index contributed by atoms with van der Waals surface area (Å²) in [5.74, 6) is 0.674. The summed E-state index contributed by atoms with van der Waals surface area (Å²) in [6.07, 6.45) is 5.16. The van der Waals surface area contributed by atoms with Gasteiger partial charge in [-0.1, -0.05) is 31.0 Å². The fourth-order valence-corrected chi connectivity index (χ4v) is 3.68. The molecule has 108 valence electrons. The zero-order valence-electron chi connectivity index (χ0n) is 12.5. The molecule has 3 heteroatoms. The Balaban J connectivity index is 2.03. The van der Waals surface area contributed by atoms with E-state index in [4.69, 9.17) is 4.74 Å². The summed E-state index contributed by atoms with van der Waals surface area (Å²) < 4.78 is 5.55. The van der Waals surface area contributed by atoms with Gasteiger partial charge >= 0.3 is 0 Å². The second-order valence-electron chi connectivity index (χ2n) is 5.12. The van der Waals surface area contributed by atoms with Crippen molar-refractivity contribution in [3.05, 3.63) is 64.9 Å². The molecule has 2 aliphatic rings. The lowest BCUT2D eigenvalue weighted by atomic mass is 9.89. The van der Waals surface area contributed by atoms with Crippen LogP contribution in [0.25, 0.3) is 5.57 Å². The highest BCUT2D eigenvalue weighted by atomic mass is 32.2. The van der Waals surface area contributed by atoms with Crippen molar-refractivity contribution in [3.8, 4) is 0 Å². The van der Waals surface area contributed by atoms with Crippen LogP contribution in [0.1, 0.15) is 25.0 Å². The number of fused-ring (bicyclic) bond motifs is 3. The molecular weight excluding hydrogens is 278 g/mol. The van der Waals surface area contributed by atoms with E-state index in [1.807, 2.05) is 24.9 Å². The van der Waals surface area contributed by atoms with Crippen LogP contribution in [-0.2, 0) is 11.2 Å². The number of allylic oxidation sites excluding steroid dienone is 3. The van der Waals surface area contributed by atoms with Crippen LogP contribution in [0, 0.1) is 0 Å². The summed E-state index contributed by atoms with van der Waals surface area (Å²) in [5.41, 5.74) is 5.60. The molecule has 2 aliphatic heterocycles. The number of benzene rings is 1. The minimum Gasteiger partial charge on any atom is -0.494 e. The molecule has 0 saturated carbocycles. The van der Waals surface area contributed by atoms with Crippen molar-refractivity contribution >= 4 is 23.0 Å². The standard InChI is InChI=1S/C18H19NOS/c1-5-20-13(4)15-10-19-16-8-9-17-14(18(16)12(15)3)7-6-11(2)21-17/h6,8-10,19H,3-5,7H2,1-2H3. The van der Waals surface area contributed by atoms with Crippen molar-refractivity contribution in [2.24, 2.45) is 0 Å². The molecule has 3 rings (SSSR count). The summed E-state index contributed by atoms with van der Waals surface area (Å²) >= 11 is 1.83. The summed E-state index contributed by atoms with van der Waals surface area (Å²) in [6.45, 7) is 13.0. The number of hydrogen-bond acceptors (Lipinski definition) is 3. The van der Waals surface area contributed by atoms with Crippen LogP contribution in [0.15, 0.2) is 58.7 Å². The van der Waals surface area contributed by atoms with E-state index in [0.717, 1.165) is 23.3 Å². The molecule has 1 aromatic rings. The Labute approximate surface area is 130 Å². The van der Waals surface area contributed by atoms with Gasteiger partial charge in [0, 0.05) is 27.9 Å². The van der Waals surface area contributed by atoms with Gasteiger partial charge in [0.05, 0.1) is 6.61 Å². The van der Waals surface area contributed by atoms with Gasteiger partial charge in [0.2, 0.25) is 0 Å². The number of hydrogen-bond donors (Lipinski definition) is 1. The monoisotopic (exact) mass is 297 g/mol. The second kappa shape index (κ2) is 5.49. The van der Waals surface area contributed by atoms with Gasteiger partial charge in [-0.05, 0) is 48.4 Å². The van der Waals surface area contributed by atoms with Gasteiger partial charge in [0.1, 0.15) is 5.76 Å². The highest BCUT2D eigenvalue weighted by molar-refractivity contribution is 8.03. The van der Waals surface area contributed by atoms with Gasteiger partial charge < -0.3 is 10.1 Å². The molecule has 2 heterocycles. The predicted molar refractivity (Wildman–Crippen MR) is 91.3 cm³/mol. The van der Waals surface area contributed by atoms with Crippen LogP contribution in [0.5, 0.6) is 0 Å². The third kappa shape index (κ3) is 2.42. The van der Waals surface area contributed by atoms with Crippen molar-refractivity contribution < 1.29 is 4.74 Å². The Hall–Kier alpha value is -1.87. The Morgan fingerprint density at radius 3 is 3.00 bits per heavy atom. The van der Waals surface area contributed by atoms with Crippen LogP contribution in [0.4, 0.5) is 5.69 Å². The van der Waals surface area contributed by atoms with E-state index in [1.165, 1.54) is 20.9 Å². The Kier molecular flexibility index (Phi) is 3.68. The van der Waals surface area contributed by atoms with E-state index in [-0.39, 0.29) is 0 Å². The van der Waals surface area contributed by atoms with E-state index < -0.39 is 0 Å². The normalized spacial score (nSPS) is 16.2. The zero-order valence-corrected chi connectivity index (χ0v) is 13.3. The van der Waals surface area contributed by atoms with Crippen LogP contribution in [0.3, 0.4) is 0 Å². The highest BCUT2D eigenvalue weighted by Gasteiger charge is 2.24. The maximum Gasteiger partial charge on any atom is 0.121 e. The van der Waals surface area contributed by atoms with Gasteiger partial charge in [0.25, 0.3) is 0 Å². The van der Waals surface area contributed by atoms with Crippen LogP contribution in [-0.4, -0.2) is 6.61 Å². The van der Waals surface area contributed by atoms with Crippen molar-refractivity contribution in [1.29, 1.82) is 0 Å². The fourth-order valence-electron chi connectivity index (χ4n) is 2.73. The minimum absolute atomic E-state index is 0.612. The van der Waals surface area contributed by atoms with Gasteiger partial charge in [-0.25, -0.2) is 0 Å². The lowest BCUT2D eigenvalue weighted by molar-refractivity contribution is 0.241. The molecule has 0 aliphatic carbocycles. The molecule has 1 N–H and O–H groups in total. The predicted octanol–water partition coefficient (Wildman–Crippen LogP) is 5.11. The van der Waals surface area contributed by atoms with Gasteiger partial charge in [-0.2, -0.15) is 0 Å². The fraction of sp³-hybridized carbons (Fsp3) is 0.222. The Bertz CT molecular complexity index is 697. The minimum atomic E-state index is 0.612. The molecule has 0 saturated heterocycles. The third-order valence-corrected chi connectivity index (χ3v) is 4.84. The lowest BCUT2D eigenvalue weighted by Gasteiger charge is -2.27. The second-order valence-corrected chi connectivity index (χ2v) is 6.41. The molecule has 0 aromatic heterocycles. The van der Waals surface area contributed by atoms with Crippen LogP contribution < -0.4 is 5.32 Å². The van der Waals surface area contributed by atoms with Crippen molar-refractivity contribution in [3.63, 3.8) is 0 Å². The van der Waals surface area contributed by atoms with E-state index in [9.17, 15) is 0 Å². The molecule has 1 aromatic carbocycles. The average Bonchev–Trinajstić information content (AvgIpc) is 2.47. The molecule has 2 nitrogen and oxygen atoms in total. The summed E-state index contributed by atoms with van der Waals surface area (Å²) in [5, 5.41) is 3.35. The molecule has 0 radical (unpaired) electrons. The van der Waals surface area contributed by atoms with Crippen LogP contribution >= 0.6 is 11.8 Å². The number of anilines is 1. The van der Waals surface area contributed by atoms with Gasteiger partial charge in [-0.15, -0.1) is 0 Å². The largest absolute Gasteiger partial charge is 0.494 e. The topological polar surface area (TPSA) is 21.3 Å². The average molecular weight is 297 g/mol. The van der Waals surface area contributed by atoms with E-state index in [0.29, 0.717) is 12.4 Å². The molecule has 0 unspecified atom stereocenters. The van der Waals surface area contributed by atoms with Crippen molar-refractivity contribution in [2.45, 2.75) is 25.2 Å². The molecule has 0 bridgehead atoms. The summed E-state index contributed by atoms with van der Waals surface area (Å²) in [6, 6.07) is 4.31. The molecule has 0 fully saturated rings. The Morgan fingerprint density at radius 1 is 1.43 bits per heavy atom. The first kappa shape index (κ1) is 14.1. The Morgan fingerprint density at radius 2 is 2.24 bits per heavy atom. The van der Waals surface area contributed by atoms with Gasteiger partial charge in [0.15, 0.2) is 0 Å².